The molecule has 1 rings (SSSR count). The summed E-state index contributed by atoms with van der Waals surface area (Å²) in [7, 11) is 0. The number of ketones is 1. The van der Waals surface area contributed by atoms with Crippen LogP contribution >= 0.6 is 11.6 Å². The van der Waals surface area contributed by atoms with Crippen molar-refractivity contribution in [3.63, 3.8) is 0 Å². The summed E-state index contributed by atoms with van der Waals surface area (Å²) in [4.78, 5) is 14.3. The number of nitrogens with zero attached hydrogens (tertiary/aromatic N) is 2. The summed E-state index contributed by atoms with van der Waals surface area (Å²) in [6.07, 6.45) is 2.31. The zero-order chi connectivity index (χ0) is 16.0. The molecule has 0 amide bonds. The number of Topliss-reactive ketones (excluding diaryl/α,β-unsaturated/α-hetero) is 1. The molecule has 0 N–H and O–H groups in total. The Balaban J connectivity index is 2.72. The molecule has 120 valence electrons. The van der Waals surface area contributed by atoms with Gasteiger partial charge in [-0.15, -0.1) is 11.6 Å². The Labute approximate surface area is 134 Å². The van der Waals surface area contributed by atoms with Crippen LogP contribution in [0.15, 0.2) is 6.07 Å². The van der Waals surface area contributed by atoms with E-state index in [2.05, 4.69) is 37.2 Å². The second-order valence-electron chi connectivity index (χ2n) is 5.73. The molecule has 21 heavy (non-hydrogen) atoms. The van der Waals surface area contributed by atoms with E-state index < -0.39 is 0 Å². The Morgan fingerprint density at radius 2 is 1.95 bits per heavy atom. The van der Waals surface area contributed by atoms with Gasteiger partial charge in [-0.25, -0.2) is 0 Å². The minimum Gasteiger partial charge on any atom is -0.346 e. The Bertz CT molecular complexity index is 464. The summed E-state index contributed by atoms with van der Waals surface area (Å²) in [6.45, 7) is 14.1. The van der Waals surface area contributed by atoms with Crippen molar-refractivity contribution in [3.8, 4) is 0 Å². The van der Waals surface area contributed by atoms with E-state index in [0.717, 1.165) is 43.0 Å². The minimum atomic E-state index is 0.0198. The fourth-order valence-electron chi connectivity index (χ4n) is 3.09. The largest absolute Gasteiger partial charge is 0.346 e. The predicted molar refractivity (Wildman–Crippen MR) is 90.7 cm³/mol. The van der Waals surface area contributed by atoms with Crippen LogP contribution in [0.25, 0.3) is 0 Å². The van der Waals surface area contributed by atoms with E-state index in [9.17, 15) is 4.79 Å². The first-order valence-corrected chi connectivity index (χ1v) is 8.49. The molecule has 0 radical (unpaired) electrons. The van der Waals surface area contributed by atoms with Crippen LogP contribution in [0.1, 0.15) is 61.4 Å². The fourth-order valence-corrected chi connectivity index (χ4v) is 3.23. The number of halogens is 1. The highest BCUT2D eigenvalue weighted by molar-refractivity contribution is 6.30. The Morgan fingerprint density at radius 1 is 1.33 bits per heavy atom. The maximum absolute atomic E-state index is 11.9. The number of aryl methyl sites for hydroxylation is 1. The van der Waals surface area contributed by atoms with Gasteiger partial charge in [0, 0.05) is 23.0 Å². The van der Waals surface area contributed by atoms with Gasteiger partial charge in [0.2, 0.25) is 0 Å². The monoisotopic (exact) mass is 312 g/mol. The molecule has 0 aromatic carbocycles. The molecule has 0 saturated heterocycles. The summed E-state index contributed by atoms with van der Waals surface area (Å²) in [6, 6.07) is 2.39. The van der Waals surface area contributed by atoms with Gasteiger partial charge in [0.15, 0.2) is 5.78 Å². The van der Waals surface area contributed by atoms with Gasteiger partial charge < -0.3 is 9.47 Å². The number of aromatic nitrogens is 1. The second-order valence-corrected chi connectivity index (χ2v) is 6.00. The Hall–Kier alpha value is -0.800. The van der Waals surface area contributed by atoms with Gasteiger partial charge in [-0.05, 0) is 59.3 Å². The van der Waals surface area contributed by atoms with Crippen molar-refractivity contribution in [1.29, 1.82) is 0 Å². The van der Waals surface area contributed by atoms with Crippen molar-refractivity contribution in [2.24, 2.45) is 0 Å². The second kappa shape index (κ2) is 8.60. The molecule has 0 spiro atoms. The third kappa shape index (κ3) is 4.58. The van der Waals surface area contributed by atoms with Crippen LogP contribution in [0.3, 0.4) is 0 Å². The average Bonchev–Trinajstić information content (AvgIpc) is 2.77. The van der Waals surface area contributed by atoms with Crippen LogP contribution in [0.5, 0.6) is 0 Å². The molecule has 1 aromatic rings. The lowest BCUT2D eigenvalue weighted by Gasteiger charge is -2.22. The molecular weight excluding hydrogens is 284 g/mol. The quantitative estimate of drug-likeness (QED) is 0.504. The van der Waals surface area contributed by atoms with E-state index in [1.54, 1.807) is 0 Å². The van der Waals surface area contributed by atoms with Gasteiger partial charge in [-0.2, -0.15) is 0 Å². The van der Waals surface area contributed by atoms with Gasteiger partial charge in [0.25, 0.3) is 0 Å². The summed E-state index contributed by atoms with van der Waals surface area (Å²) >= 11 is 5.69. The molecule has 1 heterocycles. The normalized spacial score (nSPS) is 12.9. The molecule has 1 aromatic heterocycles. The van der Waals surface area contributed by atoms with Crippen LogP contribution in [0.2, 0.25) is 0 Å². The van der Waals surface area contributed by atoms with Crippen LogP contribution in [0, 0.1) is 13.8 Å². The zero-order valence-corrected chi connectivity index (χ0v) is 14.8. The first-order valence-electron chi connectivity index (χ1n) is 7.96. The van der Waals surface area contributed by atoms with Crippen LogP contribution in [-0.4, -0.2) is 40.8 Å². The lowest BCUT2D eigenvalue weighted by molar-refractivity contribution is 0.102. The number of hydrogen-bond donors (Lipinski definition) is 0. The molecule has 4 heteroatoms. The molecule has 0 aliphatic heterocycles. The van der Waals surface area contributed by atoms with Gasteiger partial charge >= 0.3 is 0 Å². The average molecular weight is 313 g/mol. The highest BCUT2D eigenvalue weighted by Gasteiger charge is 2.18. The maximum atomic E-state index is 11.9. The third-order valence-electron chi connectivity index (χ3n) is 4.34. The first-order chi connectivity index (χ1) is 9.96. The smallest absolute Gasteiger partial charge is 0.179 e. The van der Waals surface area contributed by atoms with E-state index >= 15 is 0 Å². The van der Waals surface area contributed by atoms with Crippen LogP contribution < -0.4 is 0 Å². The molecule has 0 aliphatic rings. The predicted octanol–water partition coefficient (Wildman–Crippen LogP) is 4.21. The van der Waals surface area contributed by atoms with Crippen molar-refractivity contribution in [3.05, 3.63) is 23.0 Å². The molecule has 3 nitrogen and oxygen atoms in total. The number of carbonyl (C=O) groups excluding carboxylic acids is 1. The SMILES string of the molecule is CCN(CC)CCCC(C)n1c(C)cc(C(=O)CCl)c1C. The van der Waals surface area contributed by atoms with Crippen LogP contribution in [-0.2, 0) is 0 Å². The Morgan fingerprint density at radius 3 is 2.48 bits per heavy atom. The fraction of sp³-hybridized carbons (Fsp3) is 0.706. The maximum Gasteiger partial charge on any atom is 0.179 e. The van der Waals surface area contributed by atoms with E-state index in [0.29, 0.717) is 6.04 Å². The molecular formula is C17H29ClN2O. The molecule has 0 saturated carbocycles. The molecule has 1 unspecified atom stereocenters. The van der Waals surface area contributed by atoms with Crippen molar-refractivity contribution < 1.29 is 4.79 Å². The third-order valence-corrected chi connectivity index (χ3v) is 4.58. The molecule has 0 fully saturated rings. The van der Waals surface area contributed by atoms with Gasteiger partial charge in [0.05, 0.1) is 5.88 Å². The van der Waals surface area contributed by atoms with Crippen molar-refractivity contribution in [2.75, 3.05) is 25.5 Å². The minimum absolute atomic E-state index is 0.0198. The summed E-state index contributed by atoms with van der Waals surface area (Å²) in [5.41, 5.74) is 2.97. The number of hydrogen-bond acceptors (Lipinski definition) is 2. The van der Waals surface area contributed by atoms with E-state index in [4.69, 9.17) is 11.6 Å². The summed E-state index contributed by atoms with van der Waals surface area (Å²) < 4.78 is 2.28. The van der Waals surface area contributed by atoms with Gasteiger partial charge in [0.1, 0.15) is 0 Å². The number of rotatable bonds is 9. The Kier molecular flexibility index (Phi) is 7.47. The van der Waals surface area contributed by atoms with Crippen molar-refractivity contribution in [2.45, 2.75) is 53.5 Å². The number of alkyl halides is 1. The van der Waals surface area contributed by atoms with E-state index in [1.807, 2.05) is 13.0 Å². The van der Waals surface area contributed by atoms with E-state index in [-0.39, 0.29) is 11.7 Å². The van der Waals surface area contributed by atoms with Crippen molar-refractivity contribution >= 4 is 17.4 Å². The highest BCUT2D eigenvalue weighted by atomic mass is 35.5. The van der Waals surface area contributed by atoms with Gasteiger partial charge in [-0.1, -0.05) is 13.8 Å². The van der Waals surface area contributed by atoms with Crippen LogP contribution in [0.4, 0.5) is 0 Å². The van der Waals surface area contributed by atoms with Gasteiger partial charge in [-0.3, -0.25) is 4.79 Å². The van der Waals surface area contributed by atoms with E-state index in [1.165, 1.54) is 6.42 Å². The number of carbonyl (C=O) groups is 1. The molecule has 0 bridgehead atoms. The topological polar surface area (TPSA) is 25.2 Å². The molecule has 1 atom stereocenters. The molecule has 0 aliphatic carbocycles. The lowest BCUT2D eigenvalue weighted by atomic mass is 10.1. The summed E-state index contributed by atoms with van der Waals surface area (Å²) in [5.74, 6) is 0.0760. The lowest BCUT2D eigenvalue weighted by Crippen LogP contribution is -2.24. The zero-order valence-electron chi connectivity index (χ0n) is 14.1. The highest BCUT2D eigenvalue weighted by Crippen LogP contribution is 2.24. The standard InChI is InChI=1S/C17H29ClN2O/c1-6-19(7-2)10-8-9-13(3)20-14(4)11-16(15(20)5)17(21)12-18/h11,13H,6-10,12H2,1-5H3. The summed E-state index contributed by atoms with van der Waals surface area (Å²) in [5, 5.41) is 0. The first kappa shape index (κ1) is 18.2. The van der Waals surface area contributed by atoms with Crippen molar-refractivity contribution in [1.82, 2.24) is 9.47 Å².